The van der Waals surface area contributed by atoms with Crippen LogP contribution in [0.15, 0.2) is 60.0 Å². The molecular formula is C16H14N4O3S. The van der Waals surface area contributed by atoms with Crippen LogP contribution in [-0.4, -0.2) is 26.8 Å². The summed E-state index contributed by atoms with van der Waals surface area (Å²) < 4.78 is 7.01. The lowest BCUT2D eigenvalue weighted by atomic mass is 10.2. The molecule has 0 bridgehead atoms. The van der Waals surface area contributed by atoms with Crippen molar-refractivity contribution in [1.82, 2.24) is 14.8 Å². The molecule has 8 heteroatoms. The maximum Gasteiger partial charge on any atom is 0.269 e. The van der Waals surface area contributed by atoms with Crippen molar-refractivity contribution < 1.29 is 9.66 Å². The standard InChI is InChI=1S/C16H14N4O3S/c1-23-15-7-5-13(6-8-15)19-11-17-18-16(19)24-10-12-3-2-4-14(9-12)20(21)22/h2-9,11H,10H2,1H3. The van der Waals surface area contributed by atoms with E-state index in [2.05, 4.69) is 10.2 Å². The second-order valence-corrected chi connectivity index (χ2v) is 5.84. The predicted octanol–water partition coefficient (Wildman–Crippen LogP) is 3.48. The Kier molecular flexibility index (Phi) is 4.76. The van der Waals surface area contributed by atoms with Crippen LogP contribution in [-0.2, 0) is 5.75 Å². The molecule has 0 saturated heterocycles. The molecule has 0 radical (unpaired) electrons. The fourth-order valence-corrected chi connectivity index (χ4v) is 3.02. The van der Waals surface area contributed by atoms with Gasteiger partial charge >= 0.3 is 0 Å². The minimum atomic E-state index is -0.395. The second kappa shape index (κ2) is 7.14. The summed E-state index contributed by atoms with van der Waals surface area (Å²) in [5.74, 6) is 1.34. The van der Waals surface area contributed by atoms with Gasteiger partial charge in [0.2, 0.25) is 0 Å². The minimum Gasteiger partial charge on any atom is -0.497 e. The van der Waals surface area contributed by atoms with Crippen molar-refractivity contribution in [2.45, 2.75) is 10.9 Å². The smallest absolute Gasteiger partial charge is 0.269 e. The van der Waals surface area contributed by atoms with E-state index >= 15 is 0 Å². The molecule has 0 N–H and O–H groups in total. The van der Waals surface area contributed by atoms with Crippen LogP contribution in [0.3, 0.4) is 0 Å². The molecule has 7 nitrogen and oxygen atoms in total. The molecule has 0 aliphatic rings. The van der Waals surface area contributed by atoms with Crippen LogP contribution in [0.2, 0.25) is 0 Å². The zero-order valence-corrected chi connectivity index (χ0v) is 13.6. The first-order valence-corrected chi connectivity index (χ1v) is 8.06. The lowest BCUT2D eigenvalue weighted by molar-refractivity contribution is -0.384. The Labute approximate surface area is 142 Å². The van der Waals surface area contributed by atoms with Crippen LogP contribution in [0, 0.1) is 10.1 Å². The number of thioether (sulfide) groups is 1. The van der Waals surface area contributed by atoms with Gasteiger partial charge in [-0.15, -0.1) is 10.2 Å². The maximum atomic E-state index is 10.8. The van der Waals surface area contributed by atoms with E-state index in [0.717, 1.165) is 17.0 Å². The fraction of sp³-hybridized carbons (Fsp3) is 0.125. The summed E-state index contributed by atoms with van der Waals surface area (Å²) in [5, 5.41) is 19.6. The summed E-state index contributed by atoms with van der Waals surface area (Å²) in [4.78, 5) is 10.4. The molecule has 0 fully saturated rings. The van der Waals surface area contributed by atoms with Gasteiger partial charge in [0.1, 0.15) is 12.1 Å². The SMILES string of the molecule is COc1ccc(-n2cnnc2SCc2cccc([N+](=O)[O-])c2)cc1. The number of hydrogen-bond acceptors (Lipinski definition) is 6. The molecule has 3 aromatic rings. The molecular weight excluding hydrogens is 328 g/mol. The second-order valence-electron chi connectivity index (χ2n) is 4.90. The molecule has 0 amide bonds. The number of nitro benzene ring substituents is 1. The monoisotopic (exact) mass is 342 g/mol. The Bertz CT molecular complexity index is 849. The largest absolute Gasteiger partial charge is 0.497 e. The normalized spacial score (nSPS) is 10.5. The van der Waals surface area contributed by atoms with Crippen molar-refractivity contribution >= 4 is 17.4 Å². The van der Waals surface area contributed by atoms with Gasteiger partial charge in [0.15, 0.2) is 5.16 Å². The highest BCUT2D eigenvalue weighted by Gasteiger charge is 2.10. The van der Waals surface area contributed by atoms with Crippen molar-refractivity contribution in [3.63, 3.8) is 0 Å². The van der Waals surface area contributed by atoms with Gasteiger partial charge in [0.25, 0.3) is 5.69 Å². The average molecular weight is 342 g/mol. The number of hydrogen-bond donors (Lipinski definition) is 0. The van der Waals surface area contributed by atoms with E-state index in [9.17, 15) is 10.1 Å². The molecule has 0 aliphatic heterocycles. The van der Waals surface area contributed by atoms with Crippen molar-refractivity contribution in [2.24, 2.45) is 0 Å². The van der Waals surface area contributed by atoms with Gasteiger partial charge in [0, 0.05) is 23.6 Å². The van der Waals surface area contributed by atoms with Crippen LogP contribution in [0.1, 0.15) is 5.56 Å². The van der Waals surface area contributed by atoms with Crippen molar-refractivity contribution in [3.8, 4) is 11.4 Å². The number of rotatable bonds is 6. The van der Waals surface area contributed by atoms with Crippen molar-refractivity contribution in [2.75, 3.05) is 7.11 Å². The summed E-state index contributed by atoms with van der Waals surface area (Å²) >= 11 is 1.47. The Morgan fingerprint density at radius 1 is 1.25 bits per heavy atom. The summed E-state index contributed by atoms with van der Waals surface area (Å²) in [6.07, 6.45) is 1.64. The van der Waals surface area contributed by atoms with E-state index in [0.29, 0.717) is 10.9 Å². The lowest BCUT2D eigenvalue weighted by Gasteiger charge is -2.07. The lowest BCUT2D eigenvalue weighted by Crippen LogP contribution is -1.96. The Morgan fingerprint density at radius 3 is 2.75 bits per heavy atom. The molecule has 122 valence electrons. The third-order valence-electron chi connectivity index (χ3n) is 3.36. The first-order valence-electron chi connectivity index (χ1n) is 7.08. The Hall–Kier alpha value is -2.87. The van der Waals surface area contributed by atoms with E-state index in [1.165, 1.54) is 17.8 Å². The number of nitro groups is 1. The highest BCUT2D eigenvalue weighted by atomic mass is 32.2. The number of non-ortho nitro benzene ring substituents is 1. The first-order chi connectivity index (χ1) is 11.7. The molecule has 1 heterocycles. The summed E-state index contributed by atoms with van der Waals surface area (Å²) in [7, 11) is 1.62. The molecule has 0 spiro atoms. The molecule has 0 unspecified atom stereocenters. The molecule has 2 aromatic carbocycles. The average Bonchev–Trinajstić information content (AvgIpc) is 3.09. The van der Waals surface area contributed by atoms with Gasteiger partial charge in [-0.25, -0.2) is 0 Å². The van der Waals surface area contributed by atoms with E-state index in [-0.39, 0.29) is 5.69 Å². The van der Waals surface area contributed by atoms with Gasteiger partial charge in [0.05, 0.1) is 12.0 Å². The van der Waals surface area contributed by atoms with Crippen molar-refractivity contribution in [3.05, 3.63) is 70.5 Å². The van der Waals surface area contributed by atoms with E-state index in [1.807, 2.05) is 34.9 Å². The number of ether oxygens (including phenoxy) is 1. The minimum absolute atomic E-state index is 0.0877. The number of nitrogens with zero attached hydrogens (tertiary/aromatic N) is 4. The third kappa shape index (κ3) is 3.54. The first kappa shape index (κ1) is 16.0. The quantitative estimate of drug-likeness (QED) is 0.387. The van der Waals surface area contributed by atoms with Gasteiger partial charge in [-0.3, -0.25) is 14.7 Å². The van der Waals surface area contributed by atoms with Crippen molar-refractivity contribution in [1.29, 1.82) is 0 Å². The number of methoxy groups -OCH3 is 1. The fourth-order valence-electron chi connectivity index (χ4n) is 2.15. The summed E-state index contributed by atoms with van der Waals surface area (Å²) in [6.45, 7) is 0. The molecule has 3 rings (SSSR count). The maximum absolute atomic E-state index is 10.8. The molecule has 1 aromatic heterocycles. The van der Waals surface area contributed by atoms with E-state index in [1.54, 1.807) is 25.6 Å². The van der Waals surface area contributed by atoms with Gasteiger partial charge < -0.3 is 4.74 Å². The summed E-state index contributed by atoms with van der Waals surface area (Å²) in [5.41, 5.74) is 1.87. The molecule has 0 saturated carbocycles. The zero-order chi connectivity index (χ0) is 16.9. The van der Waals surface area contributed by atoms with Gasteiger partial charge in [-0.2, -0.15) is 0 Å². The van der Waals surface area contributed by atoms with Gasteiger partial charge in [-0.1, -0.05) is 23.9 Å². The van der Waals surface area contributed by atoms with Crippen LogP contribution in [0.5, 0.6) is 5.75 Å². The zero-order valence-electron chi connectivity index (χ0n) is 12.8. The van der Waals surface area contributed by atoms with Crippen LogP contribution in [0.25, 0.3) is 5.69 Å². The highest BCUT2D eigenvalue weighted by Crippen LogP contribution is 2.25. The molecule has 0 aliphatic carbocycles. The predicted molar refractivity (Wildman–Crippen MR) is 90.6 cm³/mol. The molecule has 24 heavy (non-hydrogen) atoms. The van der Waals surface area contributed by atoms with E-state index < -0.39 is 4.92 Å². The Morgan fingerprint density at radius 2 is 2.04 bits per heavy atom. The summed E-state index contributed by atoms with van der Waals surface area (Å²) in [6, 6.07) is 14.2. The van der Waals surface area contributed by atoms with Crippen LogP contribution in [0.4, 0.5) is 5.69 Å². The molecule has 0 atom stereocenters. The highest BCUT2D eigenvalue weighted by molar-refractivity contribution is 7.98. The van der Waals surface area contributed by atoms with Crippen LogP contribution < -0.4 is 4.74 Å². The van der Waals surface area contributed by atoms with E-state index in [4.69, 9.17) is 4.74 Å². The Balaban J connectivity index is 1.76. The third-order valence-corrected chi connectivity index (χ3v) is 4.37. The van der Waals surface area contributed by atoms with Crippen LogP contribution >= 0.6 is 11.8 Å². The number of aromatic nitrogens is 3. The van der Waals surface area contributed by atoms with Gasteiger partial charge in [-0.05, 0) is 29.8 Å². The number of benzene rings is 2. The topological polar surface area (TPSA) is 83.1 Å².